The van der Waals surface area contributed by atoms with E-state index in [4.69, 9.17) is 4.42 Å². The average molecular weight is 465 g/mol. The van der Waals surface area contributed by atoms with Crippen molar-refractivity contribution < 1.29 is 24.8 Å². The van der Waals surface area contributed by atoms with Gasteiger partial charge in [0.1, 0.15) is 16.7 Å². The number of rotatable bonds is 7. The Morgan fingerprint density at radius 2 is 1.47 bits per heavy atom. The summed E-state index contributed by atoms with van der Waals surface area (Å²) in [6.45, 7) is 10.0. The molecule has 0 atom stereocenters. The normalized spacial score (nSPS) is 11.7. The molecule has 0 spiro atoms. The minimum absolute atomic E-state index is 0.0850. The van der Waals surface area contributed by atoms with Crippen molar-refractivity contribution in [2.24, 2.45) is 0 Å². The van der Waals surface area contributed by atoms with Crippen molar-refractivity contribution in [3.63, 3.8) is 0 Å². The maximum absolute atomic E-state index is 13.2. The number of hydrogen-bond acceptors (Lipinski definition) is 6. The summed E-state index contributed by atoms with van der Waals surface area (Å²) in [6.07, 6.45) is 8.59. The van der Waals surface area contributed by atoms with Gasteiger partial charge in [0, 0.05) is 17.2 Å². The molecule has 0 aliphatic heterocycles. The second-order valence-corrected chi connectivity index (χ2v) is 9.19. The van der Waals surface area contributed by atoms with Crippen molar-refractivity contribution in [3.8, 4) is 23.0 Å². The van der Waals surface area contributed by atoms with Crippen LogP contribution in [-0.2, 0) is 12.8 Å². The first-order chi connectivity index (χ1) is 16.0. The number of allylic oxidation sites excluding steroid dienone is 6. The second-order valence-electron chi connectivity index (χ2n) is 9.19. The van der Waals surface area contributed by atoms with E-state index in [9.17, 15) is 25.2 Å². The molecule has 1 heterocycles. The highest BCUT2D eigenvalue weighted by Crippen LogP contribution is 2.42. The lowest BCUT2D eigenvalue weighted by Crippen LogP contribution is -2.06. The molecule has 0 aliphatic carbocycles. The zero-order valence-corrected chi connectivity index (χ0v) is 20.3. The molecule has 6 nitrogen and oxygen atoms in total. The molecule has 0 amide bonds. The van der Waals surface area contributed by atoms with Crippen molar-refractivity contribution in [3.05, 3.63) is 68.4 Å². The lowest BCUT2D eigenvalue weighted by Gasteiger charge is -2.15. The summed E-state index contributed by atoms with van der Waals surface area (Å²) in [5.41, 5.74) is 3.83. The third kappa shape index (κ3) is 5.11. The van der Waals surface area contributed by atoms with Gasteiger partial charge in [0.15, 0.2) is 22.8 Å². The second kappa shape index (κ2) is 10.1. The number of hydrogen-bond donors (Lipinski definition) is 4. The summed E-state index contributed by atoms with van der Waals surface area (Å²) >= 11 is 0. The minimum atomic E-state index is -0.645. The van der Waals surface area contributed by atoms with Crippen LogP contribution in [0.15, 0.2) is 56.3 Å². The molecule has 3 aromatic rings. The van der Waals surface area contributed by atoms with Crippen LogP contribution in [0.3, 0.4) is 0 Å². The van der Waals surface area contributed by atoms with Gasteiger partial charge in [-0.2, -0.15) is 0 Å². The molecule has 0 radical (unpaired) electrons. The van der Waals surface area contributed by atoms with Crippen LogP contribution in [0, 0.1) is 0 Å². The van der Waals surface area contributed by atoms with Crippen LogP contribution >= 0.6 is 0 Å². The third-order valence-electron chi connectivity index (χ3n) is 5.80. The zero-order valence-electron chi connectivity index (χ0n) is 20.3. The van der Waals surface area contributed by atoms with E-state index in [0.29, 0.717) is 24.0 Å². The van der Waals surface area contributed by atoms with E-state index in [1.54, 1.807) is 0 Å². The Bertz CT molecular complexity index is 1390. The van der Waals surface area contributed by atoms with Crippen molar-refractivity contribution in [2.75, 3.05) is 0 Å². The van der Waals surface area contributed by atoms with E-state index < -0.39 is 11.2 Å². The number of aromatic hydroxyl groups is 4. The van der Waals surface area contributed by atoms with Crippen LogP contribution in [0.4, 0.5) is 0 Å². The average Bonchev–Trinajstić information content (AvgIpc) is 2.74. The van der Waals surface area contributed by atoms with E-state index in [1.165, 1.54) is 11.6 Å². The zero-order chi connectivity index (χ0) is 25.2. The van der Waals surface area contributed by atoms with Gasteiger partial charge in [0.25, 0.3) is 0 Å². The largest absolute Gasteiger partial charge is 0.508 e. The topological polar surface area (TPSA) is 111 Å². The van der Waals surface area contributed by atoms with E-state index >= 15 is 0 Å². The molecule has 34 heavy (non-hydrogen) atoms. The van der Waals surface area contributed by atoms with Crippen molar-refractivity contribution in [2.45, 2.75) is 60.3 Å². The fourth-order valence-electron chi connectivity index (χ4n) is 3.94. The summed E-state index contributed by atoms with van der Waals surface area (Å²) in [5, 5.41) is 41.6. The van der Waals surface area contributed by atoms with Gasteiger partial charge >= 0.3 is 0 Å². The van der Waals surface area contributed by atoms with E-state index in [1.807, 2.05) is 32.9 Å². The summed E-state index contributed by atoms with van der Waals surface area (Å²) in [5.74, 6) is -1.63. The molecule has 0 fully saturated rings. The molecule has 3 rings (SSSR count). The standard InChI is InChI=1S/C28H32O6/c1-15(2)7-6-8-17(5)10-12-19-20(11-9-16(3)4)28-23(26(33)25(19)32)24(31)21-13-18(29)14-22(30)27(21)34-28/h7,9-10,13-14,29-30,32-33H,6,8,11-12H2,1-5H3/b17-10-. The van der Waals surface area contributed by atoms with Crippen molar-refractivity contribution >= 4 is 21.9 Å². The highest BCUT2D eigenvalue weighted by molar-refractivity contribution is 5.99. The Morgan fingerprint density at radius 1 is 0.824 bits per heavy atom. The molecule has 0 unspecified atom stereocenters. The lowest BCUT2D eigenvalue weighted by atomic mass is 9.94. The van der Waals surface area contributed by atoms with E-state index in [-0.39, 0.29) is 39.2 Å². The molecule has 2 aromatic carbocycles. The Hall–Kier alpha value is -3.67. The molecule has 4 N–H and O–H groups in total. The Labute approximate surface area is 198 Å². The van der Waals surface area contributed by atoms with Gasteiger partial charge in [-0.25, -0.2) is 0 Å². The number of fused-ring (bicyclic) bond motifs is 2. The molecule has 1 aromatic heterocycles. The van der Waals surface area contributed by atoms with E-state index in [2.05, 4.69) is 19.9 Å². The molecule has 0 aliphatic rings. The molecule has 6 heteroatoms. The smallest absolute Gasteiger partial charge is 0.204 e. The number of benzene rings is 2. The maximum atomic E-state index is 13.2. The lowest BCUT2D eigenvalue weighted by molar-refractivity contribution is 0.402. The molecular weight excluding hydrogens is 432 g/mol. The van der Waals surface area contributed by atoms with Gasteiger partial charge in [-0.15, -0.1) is 0 Å². The summed E-state index contributed by atoms with van der Waals surface area (Å²) in [7, 11) is 0. The fraction of sp³-hybridized carbons (Fsp3) is 0.321. The SMILES string of the molecule is CC(C)=CCC/C(C)=C\Cc1c(O)c(O)c2c(=O)c3cc(O)cc(O)c3oc2c1CC=C(C)C. The highest BCUT2D eigenvalue weighted by atomic mass is 16.4. The number of phenolic OH excluding ortho intramolecular Hbond substituents is 4. The van der Waals surface area contributed by atoms with Crippen LogP contribution in [0.2, 0.25) is 0 Å². The maximum Gasteiger partial charge on any atom is 0.204 e. The Kier molecular flexibility index (Phi) is 7.40. The summed E-state index contributed by atoms with van der Waals surface area (Å²) in [6, 6.07) is 2.26. The van der Waals surface area contributed by atoms with E-state index in [0.717, 1.165) is 30.1 Å². The molecule has 0 bridgehead atoms. The predicted molar refractivity (Wildman–Crippen MR) is 136 cm³/mol. The highest BCUT2D eigenvalue weighted by Gasteiger charge is 2.24. The van der Waals surface area contributed by atoms with Crippen LogP contribution in [0.25, 0.3) is 21.9 Å². The van der Waals surface area contributed by atoms with Gasteiger partial charge < -0.3 is 24.8 Å². The summed E-state index contributed by atoms with van der Waals surface area (Å²) < 4.78 is 5.96. The van der Waals surface area contributed by atoms with Crippen LogP contribution < -0.4 is 5.43 Å². The fourth-order valence-corrected chi connectivity index (χ4v) is 3.94. The summed E-state index contributed by atoms with van der Waals surface area (Å²) in [4.78, 5) is 13.2. The van der Waals surface area contributed by atoms with Gasteiger partial charge in [-0.3, -0.25) is 4.79 Å². The van der Waals surface area contributed by atoms with Crippen LogP contribution in [-0.4, -0.2) is 20.4 Å². The van der Waals surface area contributed by atoms with Crippen LogP contribution in [0.1, 0.15) is 58.6 Å². The predicted octanol–water partition coefficient (Wildman–Crippen LogP) is 6.51. The monoisotopic (exact) mass is 464 g/mol. The van der Waals surface area contributed by atoms with Crippen LogP contribution in [0.5, 0.6) is 23.0 Å². The molecule has 0 saturated carbocycles. The third-order valence-corrected chi connectivity index (χ3v) is 5.80. The van der Waals surface area contributed by atoms with Gasteiger partial charge in [0.05, 0.1) is 5.39 Å². The quantitative estimate of drug-likeness (QED) is 0.180. The first-order valence-corrected chi connectivity index (χ1v) is 11.3. The molecule has 0 saturated heterocycles. The van der Waals surface area contributed by atoms with Gasteiger partial charge in [0.2, 0.25) is 5.43 Å². The first kappa shape index (κ1) is 25.0. The van der Waals surface area contributed by atoms with Crippen molar-refractivity contribution in [1.82, 2.24) is 0 Å². The Morgan fingerprint density at radius 3 is 2.12 bits per heavy atom. The Balaban J connectivity index is 2.27. The first-order valence-electron chi connectivity index (χ1n) is 11.3. The number of phenols is 4. The van der Waals surface area contributed by atoms with Crippen molar-refractivity contribution in [1.29, 1.82) is 0 Å². The molecular formula is C28H32O6. The van der Waals surface area contributed by atoms with Gasteiger partial charge in [-0.05, 0) is 66.4 Å². The minimum Gasteiger partial charge on any atom is -0.508 e. The molecule has 180 valence electrons. The van der Waals surface area contributed by atoms with Gasteiger partial charge in [-0.1, -0.05) is 34.9 Å².